The number of nitrogens with one attached hydrogen (secondary N) is 1. The minimum Gasteiger partial charge on any atom is -0.363 e. The SMILES string of the molecule is C[C@@H](Nc1ncnc2c1CCC2)c1cccnc1. The molecule has 1 atom stereocenters. The van der Waals surface area contributed by atoms with Crippen molar-refractivity contribution in [1.29, 1.82) is 0 Å². The van der Waals surface area contributed by atoms with Gasteiger partial charge in [0, 0.05) is 23.7 Å². The van der Waals surface area contributed by atoms with Crippen LogP contribution in [0.1, 0.15) is 36.2 Å². The summed E-state index contributed by atoms with van der Waals surface area (Å²) in [5, 5.41) is 3.47. The Labute approximate surface area is 107 Å². The van der Waals surface area contributed by atoms with Crippen LogP contribution in [0.5, 0.6) is 0 Å². The van der Waals surface area contributed by atoms with Crippen LogP contribution in [0.4, 0.5) is 5.82 Å². The van der Waals surface area contributed by atoms with Gasteiger partial charge in [0.1, 0.15) is 12.1 Å². The van der Waals surface area contributed by atoms with E-state index in [0.717, 1.165) is 18.7 Å². The number of anilines is 1. The van der Waals surface area contributed by atoms with Gasteiger partial charge in [0.05, 0.1) is 6.04 Å². The van der Waals surface area contributed by atoms with Crippen LogP contribution in [0.3, 0.4) is 0 Å². The van der Waals surface area contributed by atoms with Gasteiger partial charge in [0.15, 0.2) is 0 Å². The Bertz CT molecular complexity index is 539. The molecule has 0 spiro atoms. The fourth-order valence-corrected chi connectivity index (χ4v) is 2.40. The predicted octanol–water partition coefficient (Wildman–Crippen LogP) is 2.53. The highest BCUT2D eigenvalue weighted by atomic mass is 15.0. The van der Waals surface area contributed by atoms with Crippen molar-refractivity contribution in [3.05, 3.63) is 47.7 Å². The number of pyridine rings is 1. The first-order chi connectivity index (χ1) is 8.84. The lowest BCUT2D eigenvalue weighted by atomic mass is 10.1. The van der Waals surface area contributed by atoms with E-state index in [1.165, 1.54) is 23.2 Å². The highest BCUT2D eigenvalue weighted by molar-refractivity contribution is 5.49. The monoisotopic (exact) mass is 240 g/mol. The smallest absolute Gasteiger partial charge is 0.133 e. The molecule has 18 heavy (non-hydrogen) atoms. The van der Waals surface area contributed by atoms with Crippen molar-refractivity contribution in [3.8, 4) is 0 Å². The highest BCUT2D eigenvalue weighted by Gasteiger charge is 2.18. The summed E-state index contributed by atoms with van der Waals surface area (Å²) in [5.74, 6) is 0.980. The van der Waals surface area contributed by atoms with Gasteiger partial charge >= 0.3 is 0 Å². The summed E-state index contributed by atoms with van der Waals surface area (Å²) in [5.41, 5.74) is 3.65. The van der Waals surface area contributed by atoms with E-state index >= 15 is 0 Å². The molecule has 2 heterocycles. The molecular formula is C14H16N4. The zero-order valence-corrected chi connectivity index (χ0v) is 10.4. The molecule has 0 radical (unpaired) electrons. The molecule has 1 aliphatic carbocycles. The van der Waals surface area contributed by atoms with E-state index < -0.39 is 0 Å². The number of aryl methyl sites for hydroxylation is 1. The molecule has 2 aromatic heterocycles. The van der Waals surface area contributed by atoms with Crippen LogP contribution in [-0.2, 0) is 12.8 Å². The number of fused-ring (bicyclic) bond motifs is 1. The topological polar surface area (TPSA) is 50.7 Å². The molecule has 0 saturated carbocycles. The van der Waals surface area contributed by atoms with Crippen LogP contribution in [0.2, 0.25) is 0 Å². The molecule has 0 amide bonds. The third kappa shape index (κ3) is 2.06. The van der Waals surface area contributed by atoms with Crippen LogP contribution in [-0.4, -0.2) is 15.0 Å². The quantitative estimate of drug-likeness (QED) is 0.895. The molecule has 0 saturated heterocycles. The second-order valence-electron chi connectivity index (χ2n) is 4.65. The van der Waals surface area contributed by atoms with Gasteiger partial charge in [-0.15, -0.1) is 0 Å². The Kier molecular flexibility index (Phi) is 2.92. The molecule has 0 bridgehead atoms. The zero-order valence-electron chi connectivity index (χ0n) is 10.4. The first kappa shape index (κ1) is 11.1. The van der Waals surface area contributed by atoms with E-state index in [9.17, 15) is 0 Å². The molecule has 0 fully saturated rings. The van der Waals surface area contributed by atoms with Gasteiger partial charge in [0.25, 0.3) is 0 Å². The van der Waals surface area contributed by atoms with Gasteiger partial charge in [-0.3, -0.25) is 4.98 Å². The number of hydrogen-bond donors (Lipinski definition) is 1. The molecule has 3 rings (SSSR count). The van der Waals surface area contributed by atoms with Gasteiger partial charge in [-0.05, 0) is 37.8 Å². The second-order valence-corrected chi connectivity index (χ2v) is 4.65. The normalized spacial score (nSPS) is 15.2. The fourth-order valence-electron chi connectivity index (χ4n) is 2.40. The lowest BCUT2D eigenvalue weighted by molar-refractivity contribution is 0.856. The highest BCUT2D eigenvalue weighted by Crippen LogP contribution is 2.27. The van der Waals surface area contributed by atoms with Crippen molar-refractivity contribution >= 4 is 5.82 Å². The molecule has 2 aromatic rings. The van der Waals surface area contributed by atoms with Gasteiger partial charge in [-0.2, -0.15) is 0 Å². The summed E-state index contributed by atoms with van der Waals surface area (Å²) in [6.45, 7) is 2.13. The van der Waals surface area contributed by atoms with E-state index in [1.54, 1.807) is 12.5 Å². The van der Waals surface area contributed by atoms with Gasteiger partial charge in [-0.1, -0.05) is 6.07 Å². The molecule has 4 nitrogen and oxygen atoms in total. The molecule has 0 aromatic carbocycles. The molecule has 0 unspecified atom stereocenters. The van der Waals surface area contributed by atoms with Crippen molar-refractivity contribution in [3.63, 3.8) is 0 Å². The van der Waals surface area contributed by atoms with Crippen molar-refractivity contribution in [2.24, 2.45) is 0 Å². The summed E-state index contributed by atoms with van der Waals surface area (Å²) in [6.07, 6.45) is 8.68. The van der Waals surface area contributed by atoms with Crippen LogP contribution < -0.4 is 5.32 Å². The zero-order chi connectivity index (χ0) is 12.4. The van der Waals surface area contributed by atoms with Crippen LogP contribution in [0.15, 0.2) is 30.9 Å². The first-order valence-corrected chi connectivity index (χ1v) is 6.34. The molecule has 1 aliphatic rings. The Balaban J connectivity index is 1.83. The van der Waals surface area contributed by atoms with Crippen LogP contribution in [0.25, 0.3) is 0 Å². The average molecular weight is 240 g/mol. The molecule has 4 heteroatoms. The molecule has 92 valence electrons. The largest absolute Gasteiger partial charge is 0.363 e. The Morgan fingerprint density at radius 3 is 3.06 bits per heavy atom. The Hall–Kier alpha value is -1.97. The lowest BCUT2D eigenvalue weighted by Crippen LogP contribution is -2.10. The molecule has 0 aliphatic heterocycles. The van der Waals surface area contributed by atoms with Gasteiger partial charge in [0.2, 0.25) is 0 Å². The standard InChI is InChI=1S/C14H16N4/c1-10(11-4-3-7-15-8-11)18-14-12-5-2-6-13(12)16-9-17-14/h3-4,7-10H,2,5-6H2,1H3,(H,16,17,18)/t10-/m1/s1. The summed E-state index contributed by atoms with van der Waals surface area (Å²) >= 11 is 0. The number of aromatic nitrogens is 3. The maximum absolute atomic E-state index is 4.37. The minimum absolute atomic E-state index is 0.207. The summed E-state index contributed by atoms with van der Waals surface area (Å²) in [4.78, 5) is 12.9. The lowest BCUT2D eigenvalue weighted by Gasteiger charge is -2.16. The molecule has 1 N–H and O–H groups in total. The minimum atomic E-state index is 0.207. The third-order valence-corrected chi connectivity index (χ3v) is 3.41. The summed E-state index contributed by atoms with van der Waals surface area (Å²) in [6, 6.07) is 4.24. The van der Waals surface area contributed by atoms with Crippen LogP contribution >= 0.6 is 0 Å². The number of rotatable bonds is 3. The van der Waals surface area contributed by atoms with E-state index in [-0.39, 0.29) is 6.04 Å². The van der Waals surface area contributed by atoms with Gasteiger partial charge in [-0.25, -0.2) is 9.97 Å². The Morgan fingerprint density at radius 1 is 1.28 bits per heavy atom. The van der Waals surface area contributed by atoms with Crippen molar-refractivity contribution < 1.29 is 0 Å². The van der Waals surface area contributed by atoms with Gasteiger partial charge < -0.3 is 5.32 Å². The average Bonchev–Trinajstić information content (AvgIpc) is 2.89. The van der Waals surface area contributed by atoms with E-state index in [4.69, 9.17) is 0 Å². The Morgan fingerprint density at radius 2 is 2.22 bits per heavy atom. The predicted molar refractivity (Wildman–Crippen MR) is 70.3 cm³/mol. The summed E-state index contributed by atoms with van der Waals surface area (Å²) < 4.78 is 0. The maximum Gasteiger partial charge on any atom is 0.133 e. The first-order valence-electron chi connectivity index (χ1n) is 6.34. The van der Waals surface area contributed by atoms with Crippen molar-refractivity contribution in [2.75, 3.05) is 5.32 Å². The van der Waals surface area contributed by atoms with E-state index in [1.807, 2.05) is 12.3 Å². The maximum atomic E-state index is 4.37. The number of hydrogen-bond acceptors (Lipinski definition) is 4. The van der Waals surface area contributed by atoms with Crippen molar-refractivity contribution in [1.82, 2.24) is 15.0 Å². The van der Waals surface area contributed by atoms with Crippen molar-refractivity contribution in [2.45, 2.75) is 32.2 Å². The molecular weight excluding hydrogens is 224 g/mol. The second kappa shape index (κ2) is 4.72. The fraction of sp³-hybridized carbons (Fsp3) is 0.357. The number of nitrogens with zero attached hydrogens (tertiary/aromatic N) is 3. The summed E-state index contributed by atoms with van der Waals surface area (Å²) in [7, 11) is 0. The van der Waals surface area contributed by atoms with E-state index in [0.29, 0.717) is 0 Å². The third-order valence-electron chi connectivity index (χ3n) is 3.41. The van der Waals surface area contributed by atoms with Crippen LogP contribution in [0, 0.1) is 0 Å². The van der Waals surface area contributed by atoms with E-state index in [2.05, 4.69) is 33.3 Å².